The summed E-state index contributed by atoms with van der Waals surface area (Å²) in [6, 6.07) is 16.1. The van der Waals surface area contributed by atoms with Gasteiger partial charge in [-0.3, -0.25) is 9.36 Å². The minimum atomic E-state index is -0.356. The minimum absolute atomic E-state index is 0.0299. The first kappa shape index (κ1) is 24.2. The van der Waals surface area contributed by atoms with Crippen LogP contribution in [0.2, 0.25) is 5.02 Å². The van der Waals surface area contributed by atoms with Crippen LogP contribution in [0.1, 0.15) is 41.3 Å². The lowest BCUT2D eigenvalue weighted by atomic mass is 10.1. The smallest absolute Gasteiger partial charge is 0.253 e. The Hall–Kier alpha value is -2.90. The summed E-state index contributed by atoms with van der Waals surface area (Å²) >= 11 is 7.82. The van der Waals surface area contributed by atoms with Crippen LogP contribution in [0.15, 0.2) is 66.0 Å². The van der Waals surface area contributed by atoms with Gasteiger partial charge in [-0.1, -0.05) is 54.9 Å². The van der Waals surface area contributed by atoms with E-state index in [4.69, 9.17) is 16.6 Å². The Kier molecular flexibility index (Phi) is 7.85. The van der Waals surface area contributed by atoms with Crippen molar-refractivity contribution in [1.82, 2.24) is 19.4 Å². The summed E-state index contributed by atoms with van der Waals surface area (Å²) in [5.74, 6) is 0.321. The van der Waals surface area contributed by atoms with Crippen LogP contribution >= 0.6 is 23.4 Å². The number of benzene rings is 2. The van der Waals surface area contributed by atoms with Crippen molar-refractivity contribution in [3.05, 3.63) is 88.3 Å². The summed E-state index contributed by atoms with van der Waals surface area (Å²) in [5, 5.41) is 1.10. The van der Waals surface area contributed by atoms with Gasteiger partial charge in [0.15, 0.2) is 10.8 Å². The molecule has 1 amide bonds. The second kappa shape index (κ2) is 11.0. The van der Waals surface area contributed by atoms with Gasteiger partial charge in [-0.05, 0) is 48.4 Å². The van der Waals surface area contributed by atoms with Gasteiger partial charge < -0.3 is 4.90 Å². The van der Waals surface area contributed by atoms with Crippen LogP contribution in [-0.2, 0) is 12.3 Å². The Bertz CT molecular complexity index is 1270. The fourth-order valence-electron chi connectivity index (χ4n) is 3.64. The van der Waals surface area contributed by atoms with Gasteiger partial charge in [-0.25, -0.2) is 14.4 Å². The van der Waals surface area contributed by atoms with Crippen molar-refractivity contribution in [2.24, 2.45) is 0 Å². The summed E-state index contributed by atoms with van der Waals surface area (Å²) < 4.78 is 16.4. The van der Waals surface area contributed by atoms with Crippen LogP contribution in [0.4, 0.5) is 4.39 Å². The maximum absolute atomic E-state index is 14.5. The highest BCUT2D eigenvalue weighted by molar-refractivity contribution is 7.98. The molecule has 2 heterocycles. The van der Waals surface area contributed by atoms with E-state index in [-0.39, 0.29) is 18.3 Å². The first-order valence-electron chi connectivity index (χ1n) is 11.2. The lowest BCUT2D eigenvalue weighted by Crippen LogP contribution is -2.27. The molecule has 0 bridgehead atoms. The number of hydrogen-bond donors (Lipinski definition) is 0. The number of unbranched alkanes of at least 4 members (excludes halogenated alkanes) is 1. The van der Waals surface area contributed by atoms with Gasteiger partial charge >= 0.3 is 0 Å². The van der Waals surface area contributed by atoms with Crippen molar-refractivity contribution in [1.29, 1.82) is 0 Å². The Morgan fingerprint density at radius 3 is 2.68 bits per heavy atom. The molecule has 5 nitrogen and oxygen atoms in total. The lowest BCUT2D eigenvalue weighted by Gasteiger charge is -2.16. The van der Waals surface area contributed by atoms with Crippen molar-refractivity contribution in [2.75, 3.05) is 13.6 Å². The first-order valence-corrected chi connectivity index (χ1v) is 12.6. The predicted octanol–water partition coefficient (Wildman–Crippen LogP) is 6.44. The van der Waals surface area contributed by atoms with E-state index < -0.39 is 0 Å². The van der Waals surface area contributed by atoms with Crippen molar-refractivity contribution in [3.8, 4) is 0 Å². The molecule has 0 aliphatic carbocycles. The zero-order chi connectivity index (χ0) is 24.1. The van der Waals surface area contributed by atoms with Crippen LogP contribution in [-0.4, -0.2) is 38.9 Å². The molecule has 2 aromatic carbocycles. The molecule has 8 heteroatoms. The van der Waals surface area contributed by atoms with Gasteiger partial charge in [0.25, 0.3) is 5.91 Å². The highest BCUT2D eigenvalue weighted by atomic mass is 35.5. The summed E-state index contributed by atoms with van der Waals surface area (Å²) in [6.07, 6.45) is 3.74. The van der Waals surface area contributed by atoms with E-state index in [2.05, 4.69) is 11.9 Å². The van der Waals surface area contributed by atoms with Gasteiger partial charge in [0.1, 0.15) is 11.3 Å². The number of nitrogens with zero attached hydrogens (tertiary/aromatic N) is 4. The second-order valence-electron chi connectivity index (χ2n) is 8.09. The Balaban J connectivity index is 1.53. The third-order valence-corrected chi connectivity index (χ3v) is 7.01. The molecular formula is C26H26ClFN4OS. The number of hydrogen-bond acceptors (Lipinski definition) is 4. The van der Waals surface area contributed by atoms with Crippen LogP contribution in [0.3, 0.4) is 0 Å². The topological polar surface area (TPSA) is 51.0 Å². The molecule has 0 saturated carbocycles. The number of thioether (sulfide) groups is 1. The molecule has 0 radical (unpaired) electrons. The molecule has 0 N–H and O–H groups in total. The summed E-state index contributed by atoms with van der Waals surface area (Å²) in [4.78, 5) is 23.5. The predicted molar refractivity (Wildman–Crippen MR) is 136 cm³/mol. The number of rotatable bonds is 9. The number of carbonyl (C=O) groups excluding carboxylic acids is 1. The van der Waals surface area contributed by atoms with E-state index in [9.17, 15) is 9.18 Å². The SMILES string of the molecule is CCCCN(C)C(=O)c1ccc(CSc2nc3cccnc3n2Cc2c(F)cccc2Cl)cc1. The molecule has 176 valence electrons. The van der Waals surface area contributed by atoms with Crippen molar-refractivity contribution >= 4 is 40.4 Å². The van der Waals surface area contributed by atoms with E-state index in [0.29, 0.717) is 27.5 Å². The molecule has 0 spiro atoms. The maximum Gasteiger partial charge on any atom is 0.253 e. The highest BCUT2D eigenvalue weighted by Crippen LogP contribution is 2.29. The van der Waals surface area contributed by atoms with Crippen molar-refractivity contribution in [2.45, 2.75) is 37.2 Å². The Morgan fingerprint density at radius 2 is 1.94 bits per heavy atom. The van der Waals surface area contributed by atoms with Crippen LogP contribution in [0.25, 0.3) is 11.2 Å². The Morgan fingerprint density at radius 1 is 1.15 bits per heavy atom. The van der Waals surface area contributed by atoms with E-state index in [1.165, 1.54) is 17.8 Å². The zero-order valence-corrected chi connectivity index (χ0v) is 20.7. The second-order valence-corrected chi connectivity index (χ2v) is 9.44. The number of pyridine rings is 1. The largest absolute Gasteiger partial charge is 0.342 e. The first-order chi connectivity index (χ1) is 16.5. The molecular weight excluding hydrogens is 471 g/mol. The molecule has 0 fully saturated rings. The molecule has 0 unspecified atom stereocenters. The van der Waals surface area contributed by atoms with Crippen LogP contribution in [0.5, 0.6) is 0 Å². The quantitative estimate of drug-likeness (QED) is 0.250. The third kappa shape index (κ3) is 5.42. The van der Waals surface area contributed by atoms with E-state index in [0.717, 1.165) is 35.6 Å². The molecule has 0 aliphatic rings. The summed E-state index contributed by atoms with van der Waals surface area (Å²) in [7, 11) is 1.84. The number of amides is 1. The van der Waals surface area contributed by atoms with E-state index >= 15 is 0 Å². The highest BCUT2D eigenvalue weighted by Gasteiger charge is 2.17. The number of aromatic nitrogens is 3. The van der Waals surface area contributed by atoms with Gasteiger partial charge in [0.2, 0.25) is 0 Å². The van der Waals surface area contributed by atoms with Crippen molar-refractivity contribution < 1.29 is 9.18 Å². The molecule has 4 rings (SSSR count). The number of fused-ring (bicyclic) bond motifs is 1. The molecule has 2 aromatic heterocycles. The standard InChI is InChI=1S/C26H26ClFN4OS/c1-3-4-15-31(2)25(33)19-12-10-18(11-13-19)17-34-26-30-23-9-6-14-29-24(23)32(26)16-20-21(27)7-5-8-22(20)28/h5-14H,3-4,15-17H2,1-2H3. The average Bonchev–Trinajstić information content (AvgIpc) is 3.20. The van der Waals surface area contributed by atoms with Crippen LogP contribution < -0.4 is 0 Å². The van der Waals surface area contributed by atoms with E-state index in [1.807, 2.05) is 48.0 Å². The number of halogens is 2. The van der Waals surface area contributed by atoms with E-state index in [1.54, 1.807) is 23.2 Å². The maximum atomic E-state index is 14.5. The Labute approximate surface area is 208 Å². The fourth-order valence-corrected chi connectivity index (χ4v) is 4.82. The number of imidazole rings is 1. The zero-order valence-electron chi connectivity index (χ0n) is 19.2. The molecule has 0 aliphatic heterocycles. The molecule has 4 aromatic rings. The number of carbonyl (C=O) groups is 1. The summed E-state index contributed by atoms with van der Waals surface area (Å²) in [6.45, 7) is 3.10. The van der Waals surface area contributed by atoms with Gasteiger partial charge in [-0.2, -0.15) is 0 Å². The summed E-state index contributed by atoms with van der Waals surface area (Å²) in [5.41, 5.74) is 3.58. The fraction of sp³-hybridized carbons (Fsp3) is 0.269. The van der Waals surface area contributed by atoms with Crippen molar-refractivity contribution in [3.63, 3.8) is 0 Å². The lowest BCUT2D eigenvalue weighted by molar-refractivity contribution is 0.0793. The average molecular weight is 497 g/mol. The minimum Gasteiger partial charge on any atom is -0.342 e. The van der Waals surface area contributed by atoms with Gasteiger partial charge in [-0.15, -0.1) is 0 Å². The van der Waals surface area contributed by atoms with Gasteiger partial charge in [0.05, 0.1) is 6.54 Å². The van der Waals surface area contributed by atoms with Gasteiger partial charge in [0, 0.05) is 41.7 Å². The third-order valence-electron chi connectivity index (χ3n) is 5.61. The monoisotopic (exact) mass is 496 g/mol. The molecule has 0 atom stereocenters. The molecule has 34 heavy (non-hydrogen) atoms. The molecule has 0 saturated heterocycles. The van der Waals surface area contributed by atoms with Crippen LogP contribution in [0, 0.1) is 5.82 Å². The normalized spacial score (nSPS) is 11.2.